The molecule has 1 aliphatic rings. The van der Waals surface area contributed by atoms with Gasteiger partial charge in [0, 0.05) is 38.5 Å². The van der Waals surface area contributed by atoms with Gasteiger partial charge in [-0.05, 0) is 7.05 Å². The van der Waals surface area contributed by atoms with E-state index >= 15 is 0 Å². The van der Waals surface area contributed by atoms with Crippen LogP contribution in [0.3, 0.4) is 0 Å². The van der Waals surface area contributed by atoms with E-state index in [9.17, 15) is 14.7 Å². The molecule has 0 radical (unpaired) electrons. The summed E-state index contributed by atoms with van der Waals surface area (Å²) >= 11 is 0. The van der Waals surface area contributed by atoms with Crippen LogP contribution in [0.15, 0.2) is 0 Å². The Hall–Kier alpha value is -1.14. The van der Waals surface area contributed by atoms with Crippen LogP contribution >= 0.6 is 0 Å². The second kappa shape index (κ2) is 5.97. The predicted molar refractivity (Wildman–Crippen MR) is 61.7 cm³/mol. The Morgan fingerprint density at radius 3 is 2.47 bits per heavy atom. The fourth-order valence-corrected chi connectivity index (χ4v) is 1.87. The Morgan fingerprint density at radius 2 is 2.00 bits per heavy atom. The third-order valence-corrected chi connectivity index (χ3v) is 3.08. The van der Waals surface area contributed by atoms with Gasteiger partial charge < -0.3 is 20.5 Å². The van der Waals surface area contributed by atoms with Gasteiger partial charge in [0.25, 0.3) is 0 Å². The average molecular weight is 244 g/mol. The Balaban J connectivity index is 2.66. The minimum absolute atomic E-state index is 0.233. The molecule has 1 rings (SSSR count). The van der Waals surface area contributed by atoms with Gasteiger partial charge in [-0.15, -0.1) is 0 Å². The number of hydrogen-bond acceptors (Lipinski definition) is 4. The molecule has 0 spiro atoms. The molecule has 0 aromatic carbocycles. The minimum Gasteiger partial charge on any atom is -0.480 e. The highest BCUT2D eigenvalue weighted by atomic mass is 16.5. The normalized spacial score (nSPS) is 20.6. The van der Waals surface area contributed by atoms with Crippen molar-refractivity contribution in [3.8, 4) is 0 Å². The average Bonchev–Trinajstić information content (AvgIpc) is 2.30. The van der Waals surface area contributed by atoms with Gasteiger partial charge in [0.05, 0.1) is 0 Å². The van der Waals surface area contributed by atoms with Gasteiger partial charge >= 0.3 is 5.97 Å². The molecule has 98 valence electrons. The molecule has 1 atom stereocenters. The smallest absolute Gasteiger partial charge is 0.329 e. The molecule has 1 heterocycles. The molecule has 3 N–H and O–H groups in total. The zero-order chi connectivity index (χ0) is 12.9. The largest absolute Gasteiger partial charge is 0.480 e. The van der Waals surface area contributed by atoms with Crippen molar-refractivity contribution in [2.45, 2.75) is 25.3 Å². The molecule has 0 aromatic heterocycles. The van der Waals surface area contributed by atoms with Crippen LogP contribution in [0.25, 0.3) is 0 Å². The Labute approximate surface area is 101 Å². The summed E-state index contributed by atoms with van der Waals surface area (Å²) in [5.41, 5.74) is -1.16. The molecule has 17 heavy (non-hydrogen) atoms. The monoisotopic (exact) mass is 244 g/mol. The maximum absolute atomic E-state index is 11.9. The number of carbonyl (C=O) groups is 2. The van der Waals surface area contributed by atoms with Crippen molar-refractivity contribution < 1.29 is 19.4 Å². The second-order valence-electron chi connectivity index (χ2n) is 4.45. The van der Waals surface area contributed by atoms with E-state index in [-0.39, 0.29) is 11.8 Å². The number of hydrogen-bond donors (Lipinski definition) is 3. The van der Waals surface area contributed by atoms with Crippen molar-refractivity contribution in [3.63, 3.8) is 0 Å². The standard InChI is InChI=1S/C11H20N2O4/c1-8(7-12-2)9(14)13-11(10(15)16)3-5-17-6-4-11/h8,12H,3-7H2,1-2H3,(H,13,14)(H,15,16). The van der Waals surface area contributed by atoms with Gasteiger partial charge in [-0.1, -0.05) is 6.92 Å². The first-order valence-corrected chi connectivity index (χ1v) is 5.79. The minimum atomic E-state index is -1.16. The molecule has 0 aromatic rings. The van der Waals surface area contributed by atoms with E-state index in [0.717, 1.165) is 0 Å². The first-order chi connectivity index (χ1) is 8.02. The van der Waals surface area contributed by atoms with Crippen molar-refractivity contribution >= 4 is 11.9 Å². The van der Waals surface area contributed by atoms with Crippen LogP contribution in [0.2, 0.25) is 0 Å². The fraction of sp³-hybridized carbons (Fsp3) is 0.818. The number of ether oxygens (including phenoxy) is 1. The van der Waals surface area contributed by atoms with Crippen molar-refractivity contribution in [1.82, 2.24) is 10.6 Å². The summed E-state index contributed by atoms with van der Waals surface area (Å²) in [6.45, 7) is 3.03. The van der Waals surface area contributed by atoms with Gasteiger partial charge in [0.15, 0.2) is 0 Å². The van der Waals surface area contributed by atoms with Crippen molar-refractivity contribution in [3.05, 3.63) is 0 Å². The lowest BCUT2D eigenvalue weighted by atomic mass is 9.89. The topological polar surface area (TPSA) is 87.7 Å². The third kappa shape index (κ3) is 3.41. The van der Waals surface area contributed by atoms with Gasteiger partial charge in [0.2, 0.25) is 5.91 Å². The predicted octanol–water partition coefficient (Wildman–Crippen LogP) is -0.408. The summed E-state index contributed by atoms with van der Waals surface area (Å²) in [5, 5.41) is 14.8. The molecule has 6 nitrogen and oxygen atoms in total. The van der Waals surface area contributed by atoms with E-state index in [1.54, 1.807) is 14.0 Å². The maximum Gasteiger partial charge on any atom is 0.329 e. The van der Waals surface area contributed by atoms with Crippen LogP contribution in [0, 0.1) is 5.92 Å². The van der Waals surface area contributed by atoms with E-state index < -0.39 is 11.5 Å². The molecule has 0 saturated carbocycles. The van der Waals surface area contributed by atoms with Gasteiger partial charge in [-0.25, -0.2) is 4.79 Å². The summed E-state index contributed by atoms with van der Waals surface area (Å²) in [6, 6.07) is 0. The molecule has 0 bridgehead atoms. The molecule has 1 aliphatic heterocycles. The number of carbonyl (C=O) groups excluding carboxylic acids is 1. The number of amides is 1. The summed E-state index contributed by atoms with van der Waals surface area (Å²) in [4.78, 5) is 23.2. The number of aliphatic carboxylic acids is 1. The Morgan fingerprint density at radius 1 is 1.41 bits per heavy atom. The highest BCUT2D eigenvalue weighted by molar-refractivity contribution is 5.88. The number of carboxylic acid groups (broad SMARTS) is 1. The SMILES string of the molecule is CNCC(C)C(=O)NC1(C(=O)O)CCOCC1. The lowest BCUT2D eigenvalue weighted by molar-refractivity contribution is -0.152. The second-order valence-corrected chi connectivity index (χ2v) is 4.45. The van der Waals surface area contributed by atoms with Crippen molar-refractivity contribution in [1.29, 1.82) is 0 Å². The van der Waals surface area contributed by atoms with E-state index in [4.69, 9.17) is 4.74 Å². The molecule has 6 heteroatoms. The van der Waals surface area contributed by atoms with Crippen LogP contribution in [-0.4, -0.2) is 49.3 Å². The van der Waals surface area contributed by atoms with E-state index in [2.05, 4.69) is 10.6 Å². The molecular weight excluding hydrogens is 224 g/mol. The Kier molecular flexibility index (Phi) is 4.89. The quantitative estimate of drug-likeness (QED) is 0.612. The summed E-state index contributed by atoms with van der Waals surface area (Å²) in [6.07, 6.45) is 0.640. The number of carboxylic acids is 1. The molecule has 1 fully saturated rings. The van der Waals surface area contributed by atoms with E-state index in [0.29, 0.717) is 32.6 Å². The fourth-order valence-electron chi connectivity index (χ4n) is 1.87. The highest BCUT2D eigenvalue weighted by Gasteiger charge is 2.42. The van der Waals surface area contributed by atoms with Gasteiger partial charge in [-0.3, -0.25) is 4.79 Å². The lowest BCUT2D eigenvalue weighted by Gasteiger charge is -2.34. The first-order valence-electron chi connectivity index (χ1n) is 5.79. The Bertz CT molecular complexity index is 287. The van der Waals surface area contributed by atoms with Gasteiger partial charge in [-0.2, -0.15) is 0 Å². The van der Waals surface area contributed by atoms with Crippen LogP contribution in [0.1, 0.15) is 19.8 Å². The lowest BCUT2D eigenvalue weighted by Crippen LogP contribution is -2.59. The van der Waals surface area contributed by atoms with Crippen LogP contribution < -0.4 is 10.6 Å². The van der Waals surface area contributed by atoms with Gasteiger partial charge in [0.1, 0.15) is 5.54 Å². The maximum atomic E-state index is 11.9. The third-order valence-electron chi connectivity index (χ3n) is 3.08. The van der Waals surface area contributed by atoms with Crippen molar-refractivity contribution in [2.75, 3.05) is 26.8 Å². The number of rotatable bonds is 5. The summed E-state index contributed by atoms with van der Waals surface area (Å²) < 4.78 is 5.14. The molecule has 1 amide bonds. The molecular formula is C11H20N2O4. The zero-order valence-corrected chi connectivity index (χ0v) is 10.3. The molecule has 0 aliphatic carbocycles. The number of nitrogens with one attached hydrogen (secondary N) is 2. The van der Waals surface area contributed by atoms with E-state index in [1.807, 2.05) is 0 Å². The van der Waals surface area contributed by atoms with Crippen LogP contribution in [0.4, 0.5) is 0 Å². The van der Waals surface area contributed by atoms with E-state index in [1.165, 1.54) is 0 Å². The molecule has 1 saturated heterocycles. The van der Waals surface area contributed by atoms with Crippen molar-refractivity contribution in [2.24, 2.45) is 5.92 Å². The van der Waals surface area contributed by atoms with Crippen LogP contribution in [0.5, 0.6) is 0 Å². The summed E-state index contributed by atoms with van der Waals surface area (Å²) in [5.74, 6) is -1.46. The summed E-state index contributed by atoms with van der Waals surface area (Å²) in [7, 11) is 1.76. The van der Waals surface area contributed by atoms with Crippen LogP contribution in [-0.2, 0) is 14.3 Å². The highest BCUT2D eigenvalue weighted by Crippen LogP contribution is 2.21. The molecule has 1 unspecified atom stereocenters. The first kappa shape index (κ1) is 13.9. The zero-order valence-electron chi connectivity index (χ0n) is 10.3.